The lowest BCUT2D eigenvalue weighted by Gasteiger charge is -2.28. The van der Waals surface area contributed by atoms with Gasteiger partial charge in [0.15, 0.2) is 0 Å². The minimum atomic E-state index is -2.54. The van der Waals surface area contributed by atoms with Gasteiger partial charge < -0.3 is 29.0 Å². The predicted molar refractivity (Wildman–Crippen MR) is 191 cm³/mol. The summed E-state index contributed by atoms with van der Waals surface area (Å²) in [7, 11) is -2.54. The van der Waals surface area contributed by atoms with E-state index in [0.717, 1.165) is 68.1 Å². The SMILES string of the molecule is CCO[Si](CCCN=C=O)(OCC)OCC.Nc1ccc(C2=Cc3cc4ccc(cc5nc(cc6ccc(cc2n3)[nH]6)C=C5)[nH]4)cc1. The topological polar surface area (TPSA) is 140 Å². The zero-order valence-corrected chi connectivity index (χ0v) is 28.0. The van der Waals surface area contributed by atoms with Crippen LogP contribution in [0.25, 0.3) is 45.9 Å². The Hall–Kier alpha value is -4.90. The molecule has 0 saturated heterocycles. The second kappa shape index (κ2) is 16.1. The third kappa shape index (κ3) is 9.10. The van der Waals surface area contributed by atoms with Crippen molar-refractivity contribution in [1.82, 2.24) is 19.9 Å². The second-order valence-corrected chi connectivity index (χ2v) is 13.5. The molecule has 0 unspecified atom stereocenters. The molecule has 242 valence electrons. The minimum Gasteiger partial charge on any atom is -0.399 e. The van der Waals surface area contributed by atoms with E-state index < -0.39 is 8.80 Å². The largest absolute Gasteiger partial charge is 0.500 e. The zero-order valence-electron chi connectivity index (χ0n) is 27.0. The molecular weight excluding hydrogens is 609 g/mol. The average molecular weight is 649 g/mol. The summed E-state index contributed by atoms with van der Waals surface area (Å²) in [5.74, 6) is 0. The number of aliphatic imine (C=N–C) groups is 1. The number of nitrogens with two attached hydrogens (primary N) is 1. The van der Waals surface area contributed by atoms with Gasteiger partial charge in [0.2, 0.25) is 6.08 Å². The monoisotopic (exact) mass is 648 g/mol. The second-order valence-electron chi connectivity index (χ2n) is 10.8. The van der Waals surface area contributed by atoms with Crippen LogP contribution in [0.3, 0.4) is 0 Å². The van der Waals surface area contributed by atoms with Crippen LogP contribution in [0.5, 0.6) is 0 Å². The van der Waals surface area contributed by atoms with Crippen molar-refractivity contribution in [2.24, 2.45) is 4.99 Å². The van der Waals surface area contributed by atoms with E-state index >= 15 is 0 Å². The lowest BCUT2D eigenvalue weighted by atomic mass is 10.0. The van der Waals surface area contributed by atoms with Gasteiger partial charge in [-0.2, -0.15) is 0 Å². The highest BCUT2D eigenvalue weighted by Gasteiger charge is 2.39. The lowest BCUT2D eigenvalue weighted by molar-refractivity contribution is 0.0710. The van der Waals surface area contributed by atoms with E-state index in [1.165, 1.54) is 6.08 Å². The molecule has 3 aromatic heterocycles. The molecule has 0 spiro atoms. The first-order valence-corrected chi connectivity index (χ1v) is 17.8. The Morgan fingerprint density at radius 3 is 1.81 bits per heavy atom. The molecule has 2 aliphatic heterocycles. The molecule has 2 aliphatic rings. The number of nitrogen functional groups attached to an aromatic ring is 1. The lowest BCUT2D eigenvalue weighted by Crippen LogP contribution is -2.46. The number of anilines is 1. The van der Waals surface area contributed by atoms with Crippen molar-refractivity contribution < 1.29 is 18.1 Å². The molecule has 5 heterocycles. The van der Waals surface area contributed by atoms with Gasteiger partial charge in [0.25, 0.3) is 0 Å². The standard InChI is InChI=1S/C26H19N5.C10H21NO4Si/c27-17-3-1-16(2-4-17)25-14-24-13-22-8-7-20(29-22)11-18-5-6-19(28-18)12-21-9-10-23(30-21)15-26(25)31-24;1-4-13-16(14-5-2,15-6-3)9-7-8-11-10-12/h1-15,29-30H,27H2;4-9H2,1-3H3. The normalized spacial score (nSPS) is 12.2. The quantitative estimate of drug-likeness (QED) is 0.0437. The number of isocyanates is 1. The Labute approximate surface area is 275 Å². The molecule has 0 atom stereocenters. The van der Waals surface area contributed by atoms with E-state index in [1.54, 1.807) is 0 Å². The number of nitrogens with one attached hydrogen (secondary N) is 2. The van der Waals surface area contributed by atoms with Crippen molar-refractivity contribution in [1.29, 1.82) is 0 Å². The highest BCUT2D eigenvalue weighted by molar-refractivity contribution is 6.60. The molecule has 1 aromatic carbocycles. The van der Waals surface area contributed by atoms with Crippen molar-refractivity contribution in [3.05, 3.63) is 101 Å². The average Bonchev–Trinajstić information content (AvgIpc) is 3.87. The number of fused-ring (bicyclic) bond motifs is 8. The minimum absolute atomic E-state index is 0.450. The van der Waals surface area contributed by atoms with Crippen molar-refractivity contribution in [2.75, 3.05) is 32.1 Å². The Bertz CT molecular complexity index is 1920. The van der Waals surface area contributed by atoms with Gasteiger partial charge in [-0.05, 0) is 112 Å². The molecule has 10 nitrogen and oxygen atoms in total. The molecule has 4 aromatic rings. The van der Waals surface area contributed by atoms with E-state index in [0.29, 0.717) is 32.4 Å². The number of rotatable bonds is 11. The van der Waals surface area contributed by atoms with E-state index in [9.17, 15) is 4.79 Å². The van der Waals surface area contributed by atoms with Crippen LogP contribution in [-0.2, 0) is 18.1 Å². The van der Waals surface area contributed by atoms with E-state index in [-0.39, 0.29) is 0 Å². The molecular formula is C36H40N6O4Si. The summed E-state index contributed by atoms with van der Waals surface area (Å²) >= 11 is 0. The Morgan fingerprint density at radius 1 is 0.745 bits per heavy atom. The predicted octanol–water partition coefficient (Wildman–Crippen LogP) is 7.42. The highest BCUT2D eigenvalue weighted by atomic mass is 28.4. The van der Waals surface area contributed by atoms with E-state index in [1.807, 2.05) is 69.3 Å². The fraction of sp³-hybridized carbons (Fsp3) is 0.250. The molecule has 0 saturated carbocycles. The number of hydrogen-bond acceptors (Lipinski definition) is 8. The summed E-state index contributed by atoms with van der Waals surface area (Å²) in [6.45, 7) is 7.93. The number of nitrogens with zero attached hydrogens (tertiary/aromatic N) is 3. The van der Waals surface area contributed by atoms with Crippen LogP contribution in [-0.4, -0.2) is 61.2 Å². The fourth-order valence-electron chi connectivity index (χ4n) is 5.33. The molecule has 0 amide bonds. The molecule has 8 bridgehead atoms. The van der Waals surface area contributed by atoms with Crippen LogP contribution in [0, 0.1) is 0 Å². The molecule has 0 fully saturated rings. The summed E-state index contributed by atoms with van der Waals surface area (Å²) < 4.78 is 16.9. The van der Waals surface area contributed by atoms with Gasteiger partial charge in [-0.3, -0.25) is 0 Å². The van der Waals surface area contributed by atoms with Gasteiger partial charge in [-0.15, -0.1) is 0 Å². The van der Waals surface area contributed by atoms with E-state index in [2.05, 4.69) is 62.4 Å². The maximum Gasteiger partial charge on any atom is 0.500 e. The zero-order chi connectivity index (χ0) is 33.1. The van der Waals surface area contributed by atoms with Crippen LogP contribution in [0.2, 0.25) is 6.04 Å². The molecule has 47 heavy (non-hydrogen) atoms. The molecule has 0 radical (unpaired) electrons. The number of aromatic amines is 2. The maximum atomic E-state index is 9.93. The summed E-state index contributed by atoms with van der Waals surface area (Å²) in [4.78, 5) is 29.9. The van der Waals surface area contributed by atoms with Crippen molar-refractivity contribution >= 4 is 66.4 Å². The van der Waals surface area contributed by atoms with Gasteiger partial charge >= 0.3 is 8.80 Å². The van der Waals surface area contributed by atoms with Gasteiger partial charge in [-0.25, -0.2) is 19.8 Å². The summed E-state index contributed by atoms with van der Waals surface area (Å²) in [5.41, 5.74) is 16.4. The van der Waals surface area contributed by atoms with Crippen LogP contribution >= 0.6 is 0 Å². The van der Waals surface area contributed by atoms with Crippen molar-refractivity contribution in [3.63, 3.8) is 0 Å². The number of H-pyrrole nitrogens is 2. The number of hydrogen-bond donors (Lipinski definition) is 3. The Balaban J connectivity index is 0.000000232. The van der Waals surface area contributed by atoms with Gasteiger partial charge in [0.05, 0.1) is 29.3 Å². The number of benzene rings is 1. The molecule has 11 heteroatoms. The van der Waals surface area contributed by atoms with Crippen molar-refractivity contribution in [2.45, 2.75) is 33.2 Å². The smallest absolute Gasteiger partial charge is 0.399 e. The number of aromatic nitrogens is 4. The fourth-order valence-corrected chi connectivity index (χ4v) is 7.92. The van der Waals surface area contributed by atoms with E-state index in [4.69, 9.17) is 24.0 Å². The van der Waals surface area contributed by atoms with Crippen LogP contribution in [0.4, 0.5) is 5.69 Å². The summed E-state index contributed by atoms with van der Waals surface area (Å²) in [6.07, 6.45) is 8.40. The first kappa shape index (κ1) is 33.5. The molecule has 0 aliphatic carbocycles. The number of carbonyl (C=O) groups excluding carboxylic acids is 1. The van der Waals surface area contributed by atoms with Gasteiger partial charge in [-0.1, -0.05) is 12.1 Å². The van der Waals surface area contributed by atoms with Crippen LogP contribution in [0.15, 0.2) is 77.8 Å². The van der Waals surface area contributed by atoms with Crippen molar-refractivity contribution in [3.8, 4) is 0 Å². The first-order valence-electron chi connectivity index (χ1n) is 15.8. The summed E-state index contributed by atoms with van der Waals surface area (Å²) in [6, 6.07) is 25.0. The van der Waals surface area contributed by atoms with Gasteiger partial charge in [0.1, 0.15) is 0 Å². The third-order valence-corrected chi connectivity index (χ3v) is 10.4. The molecule has 6 rings (SSSR count). The third-order valence-electron chi connectivity index (χ3n) is 7.30. The van der Waals surface area contributed by atoms with Crippen LogP contribution in [0.1, 0.15) is 55.5 Å². The van der Waals surface area contributed by atoms with Gasteiger partial charge in [0, 0.05) is 59.2 Å². The first-order chi connectivity index (χ1) is 22.9. The highest BCUT2D eigenvalue weighted by Crippen LogP contribution is 2.29. The molecule has 4 N–H and O–H groups in total. The summed E-state index contributed by atoms with van der Waals surface area (Å²) in [5, 5.41) is 0. The van der Waals surface area contributed by atoms with Crippen LogP contribution < -0.4 is 5.73 Å². The Kier molecular flexibility index (Phi) is 11.4. The Morgan fingerprint density at radius 2 is 1.28 bits per heavy atom. The maximum absolute atomic E-state index is 9.93.